The van der Waals surface area contributed by atoms with Gasteiger partial charge in [0.2, 0.25) is 0 Å². The normalized spacial score (nSPS) is 15.4. The molecule has 0 fully saturated rings. The maximum absolute atomic E-state index is 10.1. The van der Waals surface area contributed by atoms with Gasteiger partial charge in [-0.2, -0.15) is 0 Å². The molecule has 0 saturated carbocycles. The average Bonchev–Trinajstić information content (AvgIpc) is 2.35. The minimum Gasteiger partial charge on any atom is -1.00 e. The molecule has 0 radical (unpaired) electrons. The van der Waals surface area contributed by atoms with Crippen LogP contribution in [0.15, 0.2) is 0 Å². The van der Waals surface area contributed by atoms with E-state index >= 15 is 0 Å². The molecule has 8 N–H and O–H groups in total. The smallest absolute Gasteiger partial charge is 1.00 e. The molecule has 0 aliphatic rings. The molecule has 4 atom stereocenters. The maximum Gasteiger partial charge on any atom is 1.00 e. The fourth-order valence-corrected chi connectivity index (χ4v) is 0.668. The third-order valence-electron chi connectivity index (χ3n) is 1.69. The zero-order valence-corrected chi connectivity index (χ0v) is 13.4. The average molecular weight is 326 g/mol. The second kappa shape index (κ2) is 12.6. The number of carbonyl (C=O) groups is 3. The van der Waals surface area contributed by atoms with Crippen LogP contribution in [-0.4, -0.2) is 89.8 Å². The number of rotatable bonds is 5. The van der Waals surface area contributed by atoms with Gasteiger partial charge in [0.1, 0.15) is 18.3 Å². The predicted molar refractivity (Wildman–Crippen MR) is 55.1 cm³/mol. The molecule has 12 heteroatoms. The summed E-state index contributed by atoms with van der Waals surface area (Å²) in [5.41, 5.74) is 0. The second-order valence-corrected chi connectivity index (χ2v) is 3.12. The molecule has 0 bridgehead atoms. The van der Waals surface area contributed by atoms with E-state index < -0.39 is 48.9 Å². The molecule has 114 valence electrons. The van der Waals surface area contributed by atoms with Crippen LogP contribution in [0.25, 0.3) is 0 Å². The van der Waals surface area contributed by atoms with Crippen molar-refractivity contribution in [3.8, 4) is 0 Å². The van der Waals surface area contributed by atoms with E-state index in [1.165, 1.54) is 0 Å². The standard InChI is InChI=1S/C6H12O7.C2H2O4.K.H/c7-1-2(8)3(9)4(10)5(11)6(12)13;3-1(4)2(5)6;;/h2-5,7-11H,1H2,(H,12,13);(H,3,4)(H,5,6);;/q;;+1;-1/t2-,3-,4+,5-;;;/m1.../s1. The van der Waals surface area contributed by atoms with Crippen molar-refractivity contribution in [2.75, 3.05) is 6.61 Å². The van der Waals surface area contributed by atoms with E-state index in [1.54, 1.807) is 0 Å². The van der Waals surface area contributed by atoms with E-state index in [-0.39, 0.29) is 52.8 Å². The summed E-state index contributed by atoms with van der Waals surface area (Å²) in [6.45, 7) is -0.843. The maximum atomic E-state index is 10.1. The van der Waals surface area contributed by atoms with Crippen molar-refractivity contribution in [2.45, 2.75) is 24.4 Å². The number of hydrogen-bond donors (Lipinski definition) is 8. The Morgan fingerprint density at radius 3 is 1.40 bits per heavy atom. The summed E-state index contributed by atoms with van der Waals surface area (Å²) in [6, 6.07) is 0. The van der Waals surface area contributed by atoms with Crippen molar-refractivity contribution in [2.24, 2.45) is 0 Å². The molecule has 0 aromatic carbocycles. The van der Waals surface area contributed by atoms with E-state index in [0.717, 1.165) is 0 Å². The number of aliphatic carboxylic acids is 3. The van der Waals surface area contributed by atoms with Gasteiger partial charge in [0, 0.05) is 0 Å². The Hall–Kier alpha value is -0.154. The van der Waals surface area contributed by atoms with Crippen molar-refractivity contribution < 1.29 is 108 Å². The summed E-state index contributed by atoms with van der Waals surface area (Å²) in [6.07, 6.45) is -7.84. The molecular formula is C8H15KO11. The molecule has 0 unspecified atom stereocenters. The zero-order valence-electron chi connectivity index (χ0n) is 11.3. The first-order chi connectivity index (χ1) is 8.56. The first kappa shape index (κ1) is 24.8. The number of carboxylic acid groups (broad SMARTS) is 3. The fourth-order valence-electron chi connectivity index (χ4n) is 0.668. The van der Waals surface area contributed by atoms with E-state index in [0.29, 0.717) is 0 Å². The number of hydrogen-bond acceptors (Lipinski definition) is 8. The second-order valence-electron chi connectivity index (χ2n) is 3.12. The summed E-state index contributed by atoms with van der Waals surface area (Å²) in [5, 5.41) is 66.6. The van der Waals surface area contributed by atoms with Gasteiger partial charge in [-0.05, 0) is 0 Å². The van der Waals surface area contributed by atoms with Crippen LogP contribution in [0.5, 0.6) is 0 Å². The minimum atomic E-state index is -2.20. The number of aliphatic hydroxyl groups is 5. The van der Waals surface area contributed by atoms with Crippen molar-refractivity contribution in [3.63, 3.8) is 0 Å². The summed E-state index contributed by atoms with van der Waals surface area (Å²) < 4.78 is 0. The van der Waals surface area contributed by atoms with Crippen LogP contribution < -0.4 is 51.4 Å². The number of aliphatic hydroxyl groups excluding tert-OH is 5. The van der Waals surface area contributed by atoms with E-state index in [2.05, 4.69) is 0 Å². The van der Waals surface area contributed by atoms with Crippen molar-refractivity contribution in [1.82, 2.24) is 0 Å². The molecule has 0 aliphatic heterocycles. The minimum absolute atomic E-state index is 0. The van der Waals surface area contributed by atoms with Gasteiger partial charge in [0.15, 0.2) is 6.10 Å². The van der Waals surface area contributed by atoms with Crippen LogP contribution in [-0.2, 0) is 14.4 Å². The molecule has 0 rings (SSSR count). The summed E-state index contributed by atoms with van der Waals surface area (Å²) >= 11 is 0. The van der Waals surface area contributed by atoms with Gasteiger partial charge in [0.25, 0.3) is 0 Å². The van der Waals surface area contributed by atoms with Gasteiger partial charge in [-0.1, -0.05) is 0 Å². The zero-order chi connectivity index (χ0) is 15.7. The Morgan fingerprint density at radius 1 is 0.850 bits per heavy atom. The molecule has 11 nitrogen and oxygen atoms in total. The Morgan fingerprint density at radius 2 is 1.20 bits per heavy atom. The first-order valence-corrected chi connectivity index (χ1v) is 4.58. The molecule has 0 amide bonds. The first-order valence-electron chi connectivity index (χ1n) is 4.58. The van der Waals surface area contributed by atoms with Crippen LogP contribution in [0.1, 0.15) is 1.43 Å². The molecule has 0 aromatic heterocycles. The van der Waals surface area contributed by atoms with Gasteiger partial charge in [-0.15, -0.1) is 0 Å². The topological polar surface area (TPSA) is 213 Å². The molecule has 20 heavy (non-hydrogen) atoms. The van der Waals surface area contributed by atoms with Gasteiger partial charge in [-0.3, -0.25) is 0 Å². The Kier molecular flexibility index (Phi) is 15.6. The van der Waals surface area contributed by atoms with Crippen LogP contribution >= 0.6 is 0 Å². The van der Waals surface area contributed by atoms with E-state index in [9.17, 15) is 4.79 Å². The summed E-state index contributed by atoms with van der Waals surface area (Å²) in [7, 11) is 0. The predicted octanol–water partition coefficient (Wildman–Crippen LogP) is -7.22. The molecule has 0 heterocycles. The van der Waals surface area contributed by atoms with Gasteiger partial charge in [-0.25, -0.2) is 14.4 Å². The van der Waals surface area contributed by atoms with Crippen LogP contribution in [0.3, 0.4) is 0 Å². The van der Waals surface area contributed by atoms with Crippen molar-refractivity contribution >= 4 is 17.9 Å². The third kappa shape index (κ3) is 10.6. The Bertz CT molecular complexity index is 313. The van der Waals surface area contributed by atoms with Gasteiger partial charge in [0.05, 0.1) is 6.61 Å². The molecule has 0 spiro atoms. The van der Waals surface area contributed by atoms with Gasteiger partial charge >= 0.3 is 69.3 Å². The summed E-state index contributed by atoms with van der Waals surface area (Å²) in [4.78, 5) is 28.3. The largest absolute Gasteiger partial charge is 1.00 e. The summed E-state index contributed by atoms with van der Waals surface area (Å²) in [5.74, 6) is -5.37. The Labute approximate surface area is 156 Å². The van der Waals surface area contributed by atoms with E-state index in [4.69, 9.17) is 50.4 Å². The SMILES string of the molecule is O=C(O)C(=O)O.O=C(O)[C@H](O)[C@@H](O)[C@H](O)[C@H](O)CO.[H-].[K+]. The van der Waals surface area contributed by atoms with Crippen LogP contribution in [0, 0.1) is 0 Å². The Balaban J connectivity index is -0.000000156. The molecule has 0 aromatic rings. The molecule has 0 aliphatic carbocycles. The fraction of sp³-hybridized carbons (Fsp3) is 0.625. The van der Waals surface area contributed by atoms with E-state index in [1.807, 2.05) is 0 Å². The van der Waals surface area contributed by atoms with Gasteiger partial charge < -0.3 is 42.3 Å². The molecule has 0 saturated heterocycles. The van der Waals surface area contributed by atoms with Crippen LogP contribution in [0.4, 0.5) is 0 Å². The quantitative estimate of drug-likeness (QED) is 0.175. The molecular weight excluding hydrogens is 311 g/mol. The van der Waals surface area contributed by atoms with Crippen molar-refractivity contribution in [1.29, 1.82) is 0 Å². The number of carboxylic acids is 3. The van der Waals surface area contributed by atoms with Crippen LogP contribution in [0.2, 0.25) is 0 Å². The van der Waals surface area contributed by atoms with Crippen molar-refractivity contribution in [3.05, 3.63) is 0 Å². The monoisotopic (exact) mass is 326 g/mol. The third-order valence-corrected chi connectivity index (χ3v) is 1.69.